The van der Waals surface area contributed by atoms with Crippen LogP contribution in [0.5, 0.6) is 0 Å². The number of carboxylic acid groups (broad SMARTS) is 2. The molecule has 0 saturated heterocycles. The fourth-order valence-corrected chi connectivity index (χ4v) is 1.54. The number of unbranched alkanes of at least 4 members (excludes halogenated alkanes) is 3. The molecule has 0 aliphatic rings. The molecule has 0 rings (SSSR count). The second kappa shape index (κ2) is 9.00. The Kier molecular flexibility index (Phi) is 7.96. The minimum atomic E-state index is -1.10. The lowest BCUT2D eigenvalue weighted by Gasteiger charge is -2.05. The third-order valence-electron chi connectivity index (χ3n) is 2.64. The topological polar surface area (TPSA) is 122 Å². The summed E-state index contributed by atoms with van der Waals surface area (Å²) in [6.07, 6.45) is 3.34. The molecular formula is C12H16N2O4. The van der Waals surface area contributed by atoms with Gasteiger partial charge in [-0.15, -0.1) is 0 Å². The lowest BCUT2D eigenvalue weighted by molar-refractivity contribution is -0.141. The molecule has 2 unspecified atom stereocenters. The Balaban J connectivity index is 3.64. The van der Waals surface area contributed by atoms with E-state index in [-0.39, 0.29) is 0 Å². The standard InChI is InChI=1S/C12H16N2O4/c13-7-9(11(15)16)5-3-1-2-4-6-10(8-14)12(17)18/h9-10H,1-6H2,(H,15,16)(H,17,18). The number of rotatable bonds is 9. The van der Waals surface area contributed by atoms with Crippen molar-refractivity contribution >= 4 is 11.9 Å². The molecule has 18 heavy (non-hydrogen) atoms. The summed E-state index contributed by atoms with van der Waals surface area (Å²) >= 11 is 0. The molecule has 0 radical (unpaired) electrons. The summed E-state index contributed by atoms with van der Waals surface area (Å²) in [6, 6.07) is 3.43. The third kappa shape index (κ3) is 6.49. The Morgan fingerprint density at radius 3 is 1.39 bits per heavy atom. The fraction of sp³-hybridized carbons (Fsp3) is 0.667. The highest BCUT2D eigenvalue weighted by molar-refractivity contribution is 5.73. The molecule has 0 aliphatic carbocycles. The molecule has 0 aromatic rings. The van der Waals surface area contributed by atoms with Gasteiger partial charge in [0.25, 0.3) is 0 Å². The van der Waals surface area contributed by atoms with Gasteiger partial charge >= 0.3 is 11.9 Å². The van der Waals surface area contributed by atoms with E-state index in [4.69, 9.17) is 20.7 Å². The maximum Gasteiger partial charge on any atom is 0.320 e. The van der Waals surface area contributed by atoms with Crippen LogP contribution in [0.3, 0.4) is 0 Å². The SMILES string of the molecule is N#CC(CCCCCCC(C#N)C(=O)O)C(=O)O. The third-order valence-corrected chi connectivity index (χ3v) is 2.64. The Morgan fingerprint density at radius 2 is 1.17 bits per heavy atom. The lowest BCUT2D eigenvalue weighted by Crippen LogP contribution is -2.11. The number of nitriles is 2. The summed E-state index contributed by atoms with van der Waals surface area (Å²) in [7, 11) is 0. The van der Waals surface area contributed by atoms with Crippen molar-refractivity contribution in [3.8, 4) is 12.1 Å². The highest BCUT2D eigenvalue weighted by Gasteiger charge is 2.16. The number of hydrogen-bond acceptors (Lipinski definition) is 4. The quantitative estimate of drug-likeness (QED) is 0.603. The average molecular weight is 252 g/mol. The van der Waals surface area contributed by atoms with E-state index in [1.54, 1.807) is 12.1 Å². The zero-order valence-corrected chi connectivity index (χ0v) is 10.0. The molecule has 2 N–H and O–H groups in total. The molecule has 0 aromatic heterocycles. The van der Waals surface area contributed by atoms with Gasteiger partial charge in [0, 0.05) is 0 Å². The van der Waals surface area contributed by atoms with Crippen molar-refractivity contribution < 1.29 is 19.8 Å². The van der Waals surface area contributed by atoms with Crippen LogP contribution in [0.4, 0.5) is 0 Å². The van der Waals surface area contributed by atoms with Crippen LogP contribution in [-0.2, 0) is 9.59 Å². The molecule has 6 nitrogen and oxygen atoms in total. The number of nitrogens with zero attached hydrogens (tertiary/aromatic N) is 2. The van der Waals surface area contributed by atoms with E-state index in [9.17, 15) is 9.59 Å². The molecule has 2 atom stereocenters. The van der Waals surface area contributed by atoms with Gasteiger partial charge in [-0.1, -0.05) is 25.7 Å². The Morgan fingerprint density at radius 1 is 0.833 bits per heavy atom. The largest absolute Gasteiger partial charge is 0.480 e. The van der Waals surface area contributed by atoms with Crippen LogP contribution in [0, 0.1) is 34.5 Å². The summed E-state index contributed by atoms with van der Waals surface area (Å²) in [5.74, 6) is -4.13. The van der Waals surface area contributed by atoms with Gasteiger partial charge in [0.2, 0.25) is 0 Å². The Labute approximate surface area is 105 Å². The van der Waals surface area contributed by atoms with E-state index >= 15 is 0 Å². The van der Waals surface area contributed by atoms with Gasteiger partial charge in [-0.05, 0) is 12.8 Å². The molecule has 0 saturated carbocycles. The summed E-state index contributed by atoms with van der Waals surface area (Å²) in [4.78, 5) is 21.1. The predicted molar refractivity (Wildman–Crippen MR) is 61.2 cm³/mol. The van der Waals surface area contributed by atoms with Gasteiger partial charge in [0.15, 0.2) is 0 Å². The first kappa shape index (κ1) is 15.9. The predicted octanol–water partition coefficient (Wildman–Crippen LogP) is 1.78. The monoisotopic (exact) mass is 252 g/mol. The number of carbonyl (C=O) groups is 2. The van der Waals surface area contributed by atoms with E-state index in [1.807, 2.05) is 0 Å². The van der Waals surface area contributed by atoms with Crippen molar-refractivity contribution in [1.82, 2.24) is 0 Å². The number of carboxylic acids is 2. The van der Waals surface area contributed by atoms with Crippen LogP contribution < -0.4 is 0 Å². The molecular weight excluding hydrogens is 236 g/mol. The van der Waals surface area contributed by atoms with Crippen molar-refractivity contribution in [3.63, 3.8) is 0 Å². The smallest absolute Gasteiger partial charge is 0.320 e. The fourth-order valence-electron chi connectivity index (χ4n) is 1.54. The first-order valence-electron chi connectivity index (χ1n) is 5.77. The number of hydrogen-bond donors (Lipinski definition) is 2. The molecule has 0 spiro atoms. The van der Waals surface area contributed by atoms with Crippen molar-refractivity contribution in [1.29, 1.82) is 10.5 Å². The zero-order valence-electron chi connectivity index (χ0n) is 10.0. The lowest BCUT2D eigenvalue weighted by atomic mass is 9.99. The normalized spacial score (nSPS) is 13.0. The van der Waals surface area contributed by atoms with Crippen LogP contribution in [0.2, 0.25) is 0 Å². The summed E-state index contributed by atoms with van der Waals surface area (Å²) < 4.78 is 0. The van der Waals surface area contributed by atoms with Gasteiger partial charge in [-0.25, -0.2) is 0 Å². The minimum Gasteiger partial charge on any atom is -0.480 e. The molecule has 0 aromatic carbocycles. The van der Waals surface area contributed by atoms with Crippen LogP contribution in [0.25, 0.3) is 0 Å². The Hall–Kier alpha value is -2.08. The molecule has 0 heterocycles. The second-order valence-corrected chi connectivity index (χ2v) is 4.03. The molecule has 6 heteroatoms. The molecule has 0 aliphatic heterocycles. The van der Waals surface area contributed by atoms with Crippen LogP contribution in [0.1, 0.15) is 38.5 Å². The molecule has 0 amide bonds. The van der Waals surface area contributed by atoms with Crippen LogP contribution >= 0.6 is 0 Å². The summed E-state index contributed by atoms with van der Waals surface area (Å²) in [5, 5.41) is 34.3. The van der Waals surface area contributed by atoms with E-state index in [2.05, 4.69) is 0 Å². The maximum atomic E-state index is 10.5. The highest BCUT2D eigenvalue weighted by Crippen LogP contribution is 2.14. The summed E-state index contributed by atoms with van der Waals surface area (Å²) in [5.41, 5.74) is 0. The van der Waals surface area contributed by atoms with Gasteiger partial charge in [0.1, 0.15) is 11.8 Å². The maximum absolute atomic E-state index is 10.5. The van der Waals surface area contributed by atoms with Crippen molar-refractivity contribution in [3.05, 3.63) is 0 Å². The Bertz CT molecular complexity index is 331. The van der Waals surface area contributed by atoms with Crippen molar-refractivity contribution in [2.24, 2.45) is 11.8 Å². The van der Waals surface area contributed by atoms with Gasteiger partial charge in [-0.3, -0.25) is 9.59 Å². The molecule has 0 fully saturated rings. The zero-order chi connectivity index (χ0) is 14.0. The van der Waals surface area contributed by atoms with Crippen LogP contribution in [0.15, 0.2) is 0 Å². The van der Waals surface area contributed by atoms with E-state index < -0.39 is 23.8 Å². The average Bonchev–Trinajstić information content (AvgIpc) is 2.32. The minimum absolute atomic E-state index is 0.312. The number of aliphatic carboxylic acids is 2. The van der Waals surface area contributed by atoms with Gasteiger partial charge in [-0.2, -0.15) is 10.5 Å². The molecule has 0 bridgehead atoms. The first-order valence-corrected chi connectivity index (χ1v) is 5.77. The van der Waals surface area contributed by atoms with Gasteiger partial charge in [0.05, 0.1) is 12.1 Å². The van der Waals surface area contributed by atoms with E-state index in [0.29, 0.717) is 25.7 Å². The van der Waals surface area contributed by atoms with E-state index in [1.165, 1.54) is 0 Å². The second-order valence-electron chi connectivity index (χ2n) is 4.03. The van der Waals surface area contributed by atoms with Gasteiger partial charge < -0.3 is 10.2 Å². The van der Waals surface area contributed by atoms with Crippen molar-refractivity contribution in [2.75, 3.05) is 0 Å². The first-order chi connectivity index (χ1) is 8.52. The van der Waals surface area contributed by atoms with Crippen LogP contribution in [-0.4, -0.2) is 22.2 Å². The molecule has 98 valence electrons. The highest BCUT2D eigenvalue weighted by atomic mass is 16.4. The van der Waals surface area contributed by atoms with E-state index in [0.717, 1.165) is 12.8 Å². The summed E-state index contributed by atoms with van der Waals surface area (Å²) in [6.45, 7) is 0. The van der Waals surface area contributed by atoms with Crippen molar-refractivity contribution in [2.45, 2.75) is 38.5 Å².